The predicted molar refractivity (Wildman–Crippen MR) is 70.9 cm³/mol. The summed E-state index contributed by atoms with van der Waals surface area (Å²) in [4.78, 5) is 0. The van der Waals surface area contributed by atoms with E-state index in [1.54, 1.807) is 6.20 Å². The number of fused-ring (bicyclic) bond motifs is 1. The van der Waals surface area contributed by atoms with Crippen molar-refractivity contribution in [3.8, 4) is 11.1 Å². The molecule has 0 unspecified atom stereocenters. The van der Waals surface area contributed by atoms with E-state index in [1.807, 2.05) is 48.5 Å². The SMILES string of the molecule is OCc1ccc2nncc(-c3ccccc3)c2c1. The number of rotatable bonds is 2. The fourth-order valence-corrected chi connectivity index (χ4v) is 2.05. The molecule has 3 aromatic rings. The molecule has 0 radical (unpaired) electrons. The second-order valence-corrected chi connectivity index (χ2v) is 4.13. The van der Waals surface area contributed by atoms with Gasteiger partial charge in [-0.05, 0) is 23.3 Å². The Morgan fingerprint density at radius 1 is 1.00 bits per heavy atom. The third-order valence-corrected chi connectivity index (χ3v) is 2.97. The van der Waals surface area contributed by atoms with Gasteiger partial charge < -0.3 is 5.11 Å². The minimum atomic E-state index is 0.0342. The average molecular weight is 236 g/mol. The Balaban J connectivity index is 2.29. The molecular formula is C15H12N2O. The van der Waals surface area contributed by atoms with E-state index in [-0.39, 0.29) is 6.61 Å². The number of aromatic nitrogens is 2. The third-order valence-electron chi connectivity index (χ3n) is 2.97. The predicted octanol–water partition coefficient (Wildman–Crippen LogP) is 2.79. The lowest BCUT2D eigenvalue weighted by Gasteiger charge is -2.06. The number of hydrogen-bond donors (Lipinski definition) is 1. The summed E-state index contributed by atoms with van der Waals surface area (Å²) in [5.74, 6) is 0. The van der Waals surface area contributed by atoms with Crippen LogP contribution in [-0.2, 0) is 6.61 Å². The molecule has 1 heterocycles. The van der Waals surface area contributed by atoms with Gasteiger partial charge in [-0.2, -0.15) is 10.2 Å². The highest BCUT2D eigenvalue weighted by Gasteiger charge is 2.05. The molecule has 0 aliphatic heterocycles. The lowest BCUT2D eigenvalue weighted by Crippen LogP contribution is -1.90. The maximum Gasteiger partial charge on any atom is 0.0936 e. The number of aliphatic hydroxyl groups is 1. The van der Waals surface area contributed by atoms with Crippen molar-refractivity contribution in [2.75, 3.05) is 0 Å². The lowest BCUT2D eigenvalue weighted by molar-refractivity contribution is 0.282. The highest BCUT2D eigenvalue weighted by Crippen LogP contribution is 2.27. The second-order valence-electron chi connectivity index (χ2n) is 4.13. The summed E-state index contributed by atoms with van der Waals surface area (Å²) in [7, 11) is 0. The topological polar surface area (TPSA) is 46.0 Å². The number of aliphatic hydroxyl groups excluding tert-OH is 1. The molecule has 2 aromatic carbocycles. The van der Waals surface area contributed by atoms with Crippen molar-refractivity contribution in [1.82, 2.24) is 10.2 Å². The first-order valence-corrected chi connectivity index (χ1v) is 5.79. The highest BCUT2D eigenvalue weighted by atomic mass is 16.3. The maximum absolute atomic E-state index is 9.22. The lowest BCUT2D eigenvalue weighted by atomic mass is 10.0. The molecule has 0 amide bonds. The Morgan fingerprint density at radius 2 is 1.83 bits per heavy atom. The number of hydrogen-bond acceptors (Lipinski definition) is 3. The molecule has 3 rings (SSSR count). The van der Waals surface area contributed by atoms with Crippen LogP contribution in [0.1, 0.15) is 5.56 Å². The van der Waals surface area contributed by atoms with Gasteiger partial charge in [-0.3, -0.25) is 0 Å². The van der Waals surface area contributed by atoms with Crippen LogP contribution in [0.3, 0.4) is 0 Å². The molecular weight excluding hydrogens is 224 g/mol. The van der Waals surface area contributed by atoms with Crippen molar-refractivity contribution in [2.24, 2.45) is 0 Å². The molecule has 3 nitrogen and oxygen atoms in total. The van der Waals surface area contributed by atoms with Crippen molar-refractivity contribution in [3.63, 3.8) is 0 Å². The van der Waals surface area contributed by atoms with Gasteiger partial charge in [0.2, 0.25) is 0 Å². The first-order valence-electron chi connectivity index (χ1n) is 5.79. The Hall–Kier alpha value is -2.26. The molecule has 0 bridgehead atoms. The van der Waals surface area contributed by atoms with E-state index in [1.165, 1.54) is 0 Å². The van der Waals surface area contributed by atoms with E-state index in [9.17, 15) is 5.11 Å². The normalized spacial score (nSPS) is 10.7. The molecule has 0 aliphatic rings. The van der Waals surface area contributed by atoms with Crippen LogP contribution in [0, 0.1) is 0 Å². The Morgan fingerprint density at radius 3 is 2.61 bits per heavy atom. The zero-order valence-corrected chi connectivity index (χ0v) is 9.74. The van der Waals surface area contributed by atoms with Gasteiger partial charge in [0.1, 0.15) is 0 Å². The van der Waals surface area contributed by atoms with Gasteiger partial charge in [0.25, 0.3) is 0 Å². The molecule has 0 spiro atoms. The molecule has 3 heteroatoms. The Labute approximate surface area is 105 Å². The molecule has 88 valence electrons. The Kier molecular flexibility index (Phi) is 2.74. The van der Waals surface area contributed by atoms with Gasteiger partial charge in [-0.25, -0.2) is 0 Å². The first-order chi connectivity index (χ1) is 8.88. The summed E-state index contributed by atoms with van der Waals surface area (Å²) >= 11 is 0. The van der Waals surface area contributed by atoms with Crippen LogP contribution in [0.5, 0.6) is 0 Å². The molecule has 0 saturated carbocycles. The van der Waals surface area contributed by atoms with E-state index < -0.39 is 0 Å². The van der Waals surface area contributed by atoms with E-state index in [4.69, 9.17) is 0 Å². The average Bonchev–Trinajstić information content (AvgIpc) is 2.47. The van der Waals surface area contributed by atoms with E-state index >= 15 is 0 Å². The van der Waals surface area contributed by atoms with Gasteiger partial charge in [0.15, 0.2) is 0 Å². The summed E-state index contributed by atoms with van der Waals surface area (Å²) in [5, 5.41) is 18.4. The van der Waals surface area contributed by atoms with Crippen LogP contribution < -0.4 is 0 Å². The molecule has 1 N–H and O–H groups in total. The van der Waals surface area contributed by atoms with Crippen LogP contribution >= 0.6 is 0 Å². The second kappa shape index (κ2) is 4.55. The monoisotopic (exact) mass is 236 g/mol. The quantitative estimate of drug-likeness (QED) is 0.744. The van der Waals surface area contributed by atoms with Crippen LogP contribution in [-0.4, -0.2) is 15.3 Å². The molecule has 18 heavy (non-hydrogen) atoms. The van der Waals surface area contributed by atoms with Crippen molar-refractivity contribution in [1.29, 1.82) is 0 Å². The van der Waals surface area contributed by atoms with Crippen LogP contribution in [0.2, 0.25) is 0 Å². The maximum atomic E-state index is 9.22. The molecule has 1 aromatic heterocycles. The zero-order chi connectivity index (χ0) is 12.4. The number of nitrogens with zero attached hydrogens (tertiary/aromatic N) is 2. The largest absolute Gasteiger partial charge is 0.392 e. The summed E-state index contributed by atoms with van der Waals surface area (Å²) in [6.45, 7) is 0.0342. The van der Waals surface area contributed by atoms with Crippen molar-refractivity contribution >= 4 is 10.9 Å². The molecule has 0 saturated heterocycles. The van der Waals surface area contributed by atoms with E-state index in [0.29, 0.717) is 0 Å². The van der Waals surface area contributed by atoms with Crippen molar-refractivity contribution < 1.29 is 5.11 Å². The minimum absolute atomic E-state index is 0.0342. The van der Waals surface area contributed by atoms with Gasteiger partial charge in [0.05, 0.1) is 18.3 Å². The summed E-state index contributed by atoms with van der Waals surface area (Å²) in [6, 6.07) is 15.8. The fourth-order valence-electron chi connectivity index (χ4n) is 2.05. The van der Waals surface area contributed by atoms with E-state index in [0.717, 1.165) is 27.6 Å². The molecule has 0 atom stereocenters. The van der Waals surface area contributed by atoms with Crippen LogP contribution in [0.25, 0.3) is 22.0 Å². The van der Waals surface area contributed by atoms with Crippen molar-refractivity contribution in [3.05, 3.63) is 60.3 Å². The summed E-state index contributed by atoms with van der Waals surface area (Å²) < 4.78 is 0. The number of benzene rings is 2. The van der Waals surface area contributed by atoms with Gasteiger partial charge >= 0.3 is 0 Å². The standard InChI is InChI=1S/C15H12N2O/c18-10-11-6-7-15-13(8-11)14(9-16-17-15)12-4-2-1-3-5-12/h1-9,18H,10H2. The highest BCUT2D eigenvalue weighted by molar-refractivity contribution is 5.93. The summed E-state index contributed by atoms with van der Waals surface area (Å²) in [6.07, 6.45) is 1.76. The van der Waals surface area contributed by atoms with Gasteiger partial charge in [-0.15, -0.1) is 0 Å². The Bertz CT molecular complexity index is 680. The summed E-state index contributed by atoms with van der Waals surface area (Å²) in [5.41, 5.74) is 3.87. The van der Waals surface area contributed by atoms with Gasteiger partial charge in [-0.1, -0.05) is 36.4 Å². The minimum Gasteiger partial charge on any atom is -0.392 e. The van der Waals surface area contributed by atoms with Crippen molar-refractivity contribution in [2.45, 2.75) is 6.61 Å². The zero-order valence-electron chi connectivity index (χ0n) is 9.74. The third kappa shape index (κ3) is 1.85. The smallest absolute Gasteiger partial charge is 0.0936 e. The van der Waals surface area contributed by atoms with Crippen LogP contribution in [0.15, 0.2) is 54.7 Å². The fraction of sp³-hybridized carbons (Fsp3) is 0.0667. The van der Waals surface area contributed by atoms with Gasteiger partial charge in [0, 0.05) is 10.9 Å². The van der Waals surface area contributed by atoms with E-state index in [2.05, 4.69) is 10.2 Å². The molecule has 0 aliphatic carbocycles. The van der Waals surface area contributed by atoms with Crippen LogP contribution in [0.4, 0.5) is 0 Å². The first kappa shape index (κ1) is 10.9. The molecule has 0 fully saturated rings.